The van der Waals surface area contributed by atoms with Crippen LogP contribution < -0.4 is 10.3 Å². The van der Waals surface area contributed by atoms with Crippen molar-refractivity contribution in [1.29, 1.82) is 0 Å². The van der Waals surface area contributed by atoms with Gasteiger partial charge in [-0.15, -0.1) is 0 Å². The zero-order valence-electron chi connectivity index (χ0n) is 19.0. The van der Waals surface area contributed by atoms with Crippen LogP contribution in [0.3, 0.4) is 0 Å². The molecule has 182 valence electrons. The first kappa shape index (κ1) is 23.2. The smallest absolute Gasteiger partial charge is 0.435 e. The van der Waals surface area contributed by atoms with Crippen molar-refractivity contribution in [3.63, 3.8) is 0 Å². The summed E-state index contributed by atoms with van der Waals surface area (Å²) in [6, 6.07) is 17.1. The predicted octanol–water partition coefficient (Wildman–Crippen LogP) is 4.88. The van der Waals surface area contributed by atoms with Crippen molar-refractivity contribution >= 4 is 10.9 Å². The topological polar surface area (TPSA) is 52.3 Å². The fraction of sp³-hybridized carbons (Fsp3) is 0.308. The average molecular weight is 483 g/mol. The van der Waals surface area contributed by atoms with Crippen LogP contribution in [0.15, 0.2) is 71.7 Å². The Hall–Kier alpha value is -3.59. The maximum atomic E-state index is 13.8. The molecule has 0 amide bonds. The van der Waals surface area contributed by atoms with Crippen LogP contribution in [0, 0.1) is 0 Å². The third-order valence-corrected chi connectivity index (χ3v) is 6.25. The number of hydrogen-bond acceptors (Lipinski definition) is 4. The molecule has 1 aliphatic heterocycles. The van der Waals surface area contributed by atoms with Gasteiger partial charge in [-0.25, -0.2) is 0 Å². The summed E-state index contributed by atoms with van der Waals surface area (Å²) in [6.07, 6.45) is -0.867. The van der Waals surface area contributed by atoms with Gasteiger partial charge in [0.1, 0.15) is 12.4 Å². The zero-order valence-corrected chi connectivity index (χ0v) is 19.0. The number of aromatic nitrogens is 3. The summed E-state index contributed by atoms with van der Waals surface area (Å²) in [5, 5.41) is 3.88. The molecule has 0 N–H and O–H groups in total. The number of alkyl halides is 3. The highest BCUT2D eigenvalue weighted by molar-refractivity contribution is 5.84. The zero-order chi connectivity index (χ0) is 24.4. The van der Waals surface area contributed by atoms with E-state index in [9.17, 15) is 18.0 Å². The van der Waals surface area contributed by atoms with E-state index in [2.05, 4.69) is 10.00 Å². The van der Waals surface area contributed by atoms with Gasteiger partial charge < -0.3 is 9.64 Å². The third kappa shape index (κ3) is 5.09. The predicted molar refractivity (Wildman–Crippen MR) is 127 cm³/mol. The minimum atomic E-state index is -4.60. The van der Waals surface area contributed by atoms with Crippen LogP contribution in [-0.4, -0.2) is 38.9 Å². The molecule has 0 radical (unpaired) electrons. The Labute approximate surface area is 200 Å². The normalized spacial score (nSPS) is 14.6. The second-order valence-corrected chi connectivity index (χ2v) is 8.66. The highest BCUT2D eigenvalue weighted by Crippen LogP contribution is 2.35. The van der Waals surface area contributed by atoms with Crippen molar-refractivity contribution < 1.29 is 17.9 Å². The minimum absolute atomic E-state index is 0.0206. The molecule has 1 saturated heterocycles. The van der Waals surface area contributed by atoms with Gasteiger partial charge in [0, 0.05) is 29.9 Å². The van der Waals surface area contributed by atoms with Crippen molar-refractivity contribution in [2.24, 2.45) is 0 Å². The summed E-state index contributed by atoms with van der Waals surface area (Å²) in [4.78, 5) is 15.0. The van der Waals surface area contributed by atoms with Gasteiger partial charge in [-0.3, -0.25) is 14.0 Å². The molecule has 2 aromatic heterocycles. The first-order chi connectivity index (χ1) is 16.9. The standard InChI is InChI=1S/C26H25F3N4O2/c27-26(28,29)25-22-16-20(8-9-23(22)33(30-25)15-14-31-11-4-5-12-31)32-13-10-21(17-24(32)34)35-18-19-6-2-1-3-7-19/h1-3,6-10,13,16-17H,4-5,11-12,14-15,18H2. The van der Waals surface area contributed by atoms with Crippen molar-refractivity contribution in [3.8, 4) is 11.4 Å². The van der Waals surface area contributed by atoms with E-state index >= 15 is 0 Å². The Balaban J connectivity index is 1.42. The summed E-state index contributed by atoms with van der Waals surface area (Å²) < 4.78 is 49.8. The number of rotatable bonds is 7. The molecule has 0 atom stereocenters. The molecule has 0 saturated carbocycles. The molecule has 0 unspecified atom stereocenters. The van der Waals surface area contributed by atoms with Crippen molar-refractivity contribution in [2.45, 2.75) is 32.2 Å². The third-order valence-electron chi connectivity index (χ3n) is 6.25. The van der Waals surface area contributed by atoms with E-state index in [4.69, 9.17) is 4.74 Å². The van der Waals surface area contributed by atoms with Gasteiger partial charge in [-0.05, 0) is 55.8 Å². The van der Waals surface area contributed by atoms with Crippen LogP contribution in [0.4, 0.5) is 13.2 Å². The first-order valence-electron chi connectivity index (χ1n) is 11.6. The Morgan fingerprint density at radius 2 is 1.71 bits per heavy atom. The van der Waals surface area contributed by atoms with Gasteiger partial charge in [0.15, 0.2) is 5.69 Å². The fourth-order valence-corrected chi connectivity index (χ4v) is 4.44. The van der Waals surface area contributed by atoms with Gasteiger partial charge >= 0.3 is 6.18 Å². The molecule has 1 aliphatic rings. The Morgan fingerprint density at radius 1 is 0.943 bits per heavy atom. The summed E-state index contributed by atoms with van der Waals surface area (Å²) >= 11 is 0. The second-order valence-electron chi connectivity index (χ2n) is 8.66. The van der Waals surface area contributed by atoms with Crippen LogP contribution in [0.5, 0.6) is 5.75 Å². The molecular formula is C26H25F3N4O2. The van der Waals surface area contributed by atoms with Crippen molar-refractivity contribution in [1.82, 2.24) is 19.2 Å². The lowest BCUT2D eigenvalue weighted by Gasteiger charge is -2.14. The molecule has 0 bridgehead atoms. The summed E-state index contributed by atoms with van der Waals surface area (Å²) in [5.74, 6) is 0.391. The maximum absolute atomic E-state index is 13.8. The Kier molecular flexibility index (Phi) is 6.34. The molecule has 1 fully saturated rings. The monoisotopic (exact) mass is 482 g/mol. The van der Waals surface area contributed by atoms with Crippen molar-refractivity contribution in [3.05, 3.63) is 88.5 Å². The number of ether oxygens (including phenoxy) is 1. The van der Waals surface area contributed by atoms with Crippen LogP contribution >= 0.6 is 0 Å². The molecule has 9 heteroatoms. The van der Waals surface area contributed by atoms with Gasteiger partial charge in [0.05, 0.1) is 12.1 Å². The molecule has 6 nitrogen and oxygen atoms in total. The number of nitrogens with zero attached hydrogens (tertiary/aromatic N) is 4. The quantitative estimate of drug-likeness (QED) is 0.377. The highest BCUT2D eigenvalue weighted by Gasteiger charge is 2.37. The Morgan fingerprint density at radius 3 is 2.43 bits per heavy atom. The summed E-state index contributed by atoms with van der Waals surface area (Å²) in [5.41, 5.74) is 0.359. The van der Waals surface area contributed by atoms with Gasteiger partial charge in [-0.2, -0.15) is 18.3 Å². The number of pyridine rings is 1. The first-order valence-corrected chi connectivity index (χ1v) is 11.6. The van der Waals surface area contributed by atoms with Crippen LogP contribution in [-0.2, 0) is 19.3 Å². The summed E-state index contributed by atoms with van der Waals surface area (Å²) in [6.45, 7) is 3.26. The highest BCUT2D eigenvalue weighted by atomic mass is 19.4. The molecular weight excluding hydrogens is 457 g/mol. The van der Waals surface area contributed by atoms with E-state index in [1.807, 2.05) is 30.3 Å². The summed E-state index contributed by atoms with van der Waals surface area (Å²) in [7, 11) is 0. The van der Waals surface area contributed by atoms with Gasteiger partial charge in [0.2, 0.25) is 0 Å². The molecule has 35 heavy (non-hydrogen) atoms. The maximum Gasteiger partial charge on any atom is 0.435 e. The molecule has 3 heterocycles. The SMILES string of the molecule is O=c1cc(OCc2ccccc2)ccn1-c1ccc2c(c1)c(C(F)(F)F)nn2CCN1CCCC1. The average Bonchev–Trinajstić information content (AvgIpc) is 3.49. The molecule has 5 rings (SSSR count). The lowest BCUT2D eigenvalue weighted by molar-refractivity contribution is -0.140. The number of fused-ring (bicyclic) bond motifs is 1. The fourth-order valence-electron chi connectivity index (χ4n) is 4.44. The van der Waals surface area contributed by atoms with Crippen molar-refractivity contribution in [2.75, 3.05) is 19.6 Å². The molecule has 4 aromatic rings. The molecule has 0 aliphatic carbocycles. The number of benzene rings is 2. The van der Waals surface area contributed by atoms with E-state index in [1.165, 1.54) is 27.6 Å². The Bertz CT molecular complexity index is 1370. The van der Waals surface area contributed by atoms with E-state index in [1.54, 1.807) is 18.2 Å². The molecule has 0 spiro atoms. The van der Waals surface area contributed by atoms with Gasteiger partial charge in [-0.1, -0.05) is 30.3 Å². The number of hydrogen-bond donors (Lipinski definition) is 0. The lowest BCUT2D eigenvalue weighted by atomic mass is 10.1. The van der Waals surface area contributed by atoms with Crippen LogP contribution in [0.2, 0.25) is 0 Å². The molecule has 2 aromatic carbocycles. The lowest BCUT2D eigenvalue weighted by Crippen LogP contribution is -2.24. The number of halogens is 3. The van der Waals surface area contributed by atoms with Gasteiger partial charge in [0.25, 0.3) is 5.56 Å². The van der Waals surface area contributed by atoms with E-state index in [0.717, 1.165) is 31.5 Å². The minimum Gasteiger partial charge on any atom is -0.489 e. The second kappa shape index (κ2) is 9.58. The van der Waals surface area contributed by atoms with E-state index in [-0.39, 0.29) is 5.39 Å². The number of likely N-dealkylation sites (tertiary alicyclic amines) is 1. The largest absolute Gasteiger partial charge is 0.489 e. The van der Waals surface area contributed by atoms with Crippen LogP contribution in [0.25, 0.3) is 16.6 Å². The van der Waals surface area contributed by atoms with Crippen LogP contribution in [0.1, 0.15) is 24.1 Å². The van der Waals surface area contributed by atoms with E-state index < -0.39 is 17.4 Å². The van der Waals surface area contributed by atoms with E-state index in [0.29, 0.717) is 36.6 Å².